The molecule has 0 aliphatic carbocycles. The van der Waals surface area contributed by atoms with Crippen molar-refractivity contribution in [1.82, 2.24) is 0 Å². The maximum absolute atomic E-state index is 13.5. The molecule has 0 unspecified atom stereocenters. The second-order valence-electron chi connectivity index (χ2n) is 23.0. The molecule has 0 aromatic heterocycles. The van der Waals surface area contributed by atoms with Gasteiger partial charge in [-0.25, -0.2) is 0 Å². The second-order valence-corrected chi connectivity index (χ2v) is 23.0. The lowest BCUT2D eigenvalue weighted by molar-refractivity contribution is -0.359. The number of hydrogen-bond acceptors (Lipinski definition) is 28. The molecule has 7 saturated heterocycles. The quantitative estimate of drug-likeness (QED) is 0.0399. The van der Waals surface area contributed by atoms with Crippen molar-refractivity contribution in [3.05, 3.63) is 0 Å². The second kappa shape index (κ2) is 28.5. The fourth-order valence-electron chi connectivity index (χ4n) is 11.5. The highest BCUT2D eigenvalue weighted by Gasteiger charge is 2.55. The van der Waals surface area contributed by atoms with Gasteiger partial charge in [-0.1, -0.05) is 27.2 Å². The Morgan fingerprint density at radius 1 is 0.675 bits per heavy atom. The van der Waals surface area contributed by atoms with Gasteiger partial charge in [0, 0.05) is 25.2 Å². The molecule has 2 bridgehead atoms. The van der Waals surface area contributed by atoms with E-state index < -0.39 is 228 Å². The number of rotatable bonds is 20. The molecule has 13 N–H and O–H groups in total. The largest absolute Gasteiger partial charge is 0.462 e. The van der Waals surface area contributed by atoms with Crippen LogP contribution in [0.4, 0.5) is 0 Å². The summed E-state index contributed by atoms with van der Waals surface area (Å²) in [5.74, 6) is -2.90. The Hall–Kier alpha value is -1.96. The van der Waals surface area contributed by atoms with E-state index in [1.807, 2.05) is 13.8 Å². The fourth-order valence-corrected chi connectivity index (χ4v) is 11.5. The predicted molar refractivity (Wildman–Crippen MR) is 267 cm³/mol. The first kappa shape index (κ1) is 65.6. The third-order valence-electron chi connectivity index (χ3n) is 16.9. The number of aliphatic hydroxyl groups is 13. The van der Waals surface area contributed by atoms with Crippen molar-refractivity contribution in [2.45, 2.75) is 264 Å². The van der Waals surface area contributed by atoms with Gasteiger partial charge >= 0.3 is 11.9 Å². The summed E-state index contributed by atoms with van der Waals surface area (Å²) >= 11 is 0. The monoisotopic (exact) mass is 1160 g/mol. The van der Waals surface area contributed by atoms with Crippen molar-refractivity contribution in [1.29, 1.82) is 0 Å². The lowest BCUT2D eigenvalue weighted by Gasteiger charge is -2.46. The van der Waals surface area contributed by atoms with Crippen molar-refractivity contribution >= 4 is 19.8 Å². The van der Waals surface area contributed by atoms with Gasteiger partial charge in [-0.05, 0) is 45.4 Å². The lowest BCUT2D eigenvalue weighted by atomic mass is 9.82. The number of carbonyl (C=O) groups is 2. The molecule has 80 heavy (non-hydrogen) atoms. The van der Waals surface area contributed by atoms with E-state index in [-0.39, 0.29) is 31.1 Å². The SMILES string of the molecule is B[C@@H]1O[C@H](C)[C@H](OC(=O)C[C@@H](O)C[C@H](OC(=O)C[C@@H](O)C[C@@H]2O[C@@H]3O[C@@H](CO)[C@H](O)[C@H]3O[C@@H]3O[C@@H](C)[C@H](O)[C@@H](CC[C@@H]2C)[C@H]3O)[C@@H](C)CC)C[C@H]1O[C@@H]1O[C@@H](C)[C@H](O[C@@H]2OC[C@@H](O)[C@H](O[C@@H]3OC[C@](O)(CO)[C@H]3O)[C@H]2O)[C@@H](O)[C@H]1O. The zero-order valence-corrected chi connectivity index (χ0v) is 46.2. The topological polar surface area (TPSA) is 417 Å². The standard InChI is InChI=1S/C51H87BO28/c1-7-19(2)28(73-33(58)12-25(56)11-29-20(3)8-9-26-35(60)22(5)71-47(36(26)61)80-43-37(62)32(15-53)77-49(43)75-29)10-24(55)13-34(59)74-30-14-31(45(52)70-21(30)4)76-48-39(64)38(63)41(23(6)72-48)78-46-40(65)42(27(57)16-68-46)79-50-44(66)51(67,17-54)18-69-50/h19-32,35-50,53-57,60-67H,7-18,52H2,1-6H3/t19-,20-,21+,22-,23-,24-,25-,26+,27+,28-,29-,30+,31+,32-,35-,36+,37-,38-,39+,40+,41-,42-,43+,44-,45+,46-,47-,48-,49+,50-,51+/m0/s1. The number of ether oxygens (including phenoxy) is 13. The van der Waals surface area contributed by atoms with E-state index in [0.29, 0.717) is 19.3 Å². The maximum atomic E-state index is 13.5. The van der Waals surface area contributed by atoms with E-state index in [2.05, 4.69) is 0 Å². The first-order valence-corrected chi connectivity index (χ1v) is 28.0. The van der Waals surface area contributed by atoms with Crippen molar-refractivity contribution in [3.63, 3.8) is 0 Å². The molecule has 7 aliphatic heterocycles. The summed E-state index contributed by atoms with van der Waals surface area (Å²) in [4.78, 5) is 26.9. The Bertz CT molecular complexity index is 1950. The van der Waals surface area contributed by atoms with Crippen LogP contribution in [-0.2, 0) is 71.2 Å². The van der Waals surface area contributed by atoms with Crippen LogP contribution in [0.3, 0.4) is 0 Å². The van der Waals surface area contributed by atoms with Crippen LogP contribution >= 0.6 is 0 Å². The van der Waals surface area contributed by atoms with E-state index >= 15 is 0 Å². The highest BCUT2D eigenvalue weighted by Crippen LogP contribution is 2.39. The van der Waals surface area contributed by atoms with E-state index in [4.69, 9.17) is 61.6 Å². The molecule has 462 valence electrons. The highest BCUT2D eigenvalue weighted by molar-refractivity contribution is 6.11. The average molecular weight is 1160 g/mol. The summed E-state index contributed by atoms with van der Waals surface area (Å²) in [6.45, 7) is 7.96. The molecular formula is C51H87BO28. The minimum Gasteiger partial charge on any atom is -0.462 e. The van der Waals surface area contributed by atoms with Crippen molar-refractivity contribution in [3.8, 4) is 0 Å². The van der Waals surface area contributed by atoms with E-state index in [1.54, 1.807) is 28.6 Å². The van der Waals surface area contributed by atoms with Gasteiger partial charge in [0.25, 0.3) is 0 Å². The molecule has 0 aromatic rings. The predicted octanol–water partition coefficient (Wildman–Crippen LogP) is -5.59. The van der Waals surface area contributed by atoms with Crippen LogP contribution in [0.5, 0.6) is 0 Å². The van der Waals surface area contributed by atoms with Crippen LogP contribution < -0.4 is 0 Å². The molecule has 7 aliphatic rings. The molecule has 0 radical (unpaired) electrons. The lowest BCUT2D eigenvalue weighted by Crippen LogP contribution is -2.63. The van der Waals surface area contributed by atoms with Crippen LogP contribution in [0.2, 0.25) is 0 Å². The first-order chi connectivity index (χ1) is 37.8. The van der Waals surface area contributed by atoms with Gasteiger partial charge in [0.2, 0.25) is 0 Å². The van der Waals surface area contributed by atoms with Gasteiger partial charge in [0.15, 0.2) is 31.5 Å². The van der Waals surface area contributed by atoms with Gasteiger partial charge in [-0.2, -0.15) is 0 Å². The molecule has 0 spiro atoms. The Morgan fingerprint density at radius 3 is 2.04 bits per heavy atom. The van der Waals surface area contributed by atoms with Crippen molar-refractivity contribution < 1.29 is 138 Å². The number of fused-ring (bicyclic) bond motifs is 3. The van der Waals surface area contributed by atoms with Crippen molar-refractivity contribution in [2.24, 2.45) is 17.8 Å². The summed E-state index contributed by atoms with van der Waals surface area (Å²) in [6.07, 6.45) is -32.8. The summed E-state index contributed by atoms with van der Waals surface area (Å²) < 4.78 is 75.9. The number of carbonyl (C=O) groups excluding carboxylic acids is 2. The molecule has 7 fully saturated rings. The zero-order chi connectivity index (χ0) is 58.7. The Balaban J connectivity index is 0.885. The Morgan fingerprint density at radius 2 is 1.36 bits per heavy atom. The van der Waals surface area contributed by atoms with Crippen molar-refractivity contribution in [2.75, 3.05) is 26.4 Å². The molecule has 0 aromatic carbocycles. The molecule has 0 saturated carbocycles. The number of hydrogen-bond donors (Lipinski definition) is 13. The molecule has 28 nitrogen and oxygen atoms in total. The van der Waals surface area contributed by atoms with Gasteiger partial charge in [-0.3, -0.25) is 9.59 Å². The summed E-state index contributed by atoms with van der Waals surface area (Å²) in [5.41, 5.74) is -2.04. The zero-order valence-electron chi connectivity index (χ0n) is 46.2. The molecular weight excluding hydrogens is 1070 g/mol. The Kier molecular flexibility index (Phi) is 23.4. The van der Waals surface area contributed by atoms with Gasteiger partial charge < -0.3 is 128 Å². The maximum Gasteiger partial charge on any atom is 0.308 e. The minimum absolute atomic E-state index is 0.0385. The molecule has 29 heteroatoms. The van der Waals surface area contributed by atoms with Gasteiger partial charge in [0.05, 0.1) is 94.1 Å². The smallest absolute Gasteiger partial charge is 0.308 e. The van der Waals surface area contributed by atoms with Crippen LogP contribution in [0.25, 0.3) is 0 Å². The van der Waals surface area contributed by atoms with E-state index in [0.717, 1.165) is 0 Å². The average Bonchev–Trinajstić information content (AvgIpc) is 3.99. The summed E-state index contributed by atoms with van der Waals surface area (Å²) in [7, 11) is 1.69. The molecule has 7 heterocycles. The first-order valence-electron chi connectivity index (χ1n) is 28.0. The fraction of sp³-hybridized carbons (Fsp3) is 0.961. The van der Waals surface area contributed by atoms with E-state index in [1.165, 1.54) is 6.92 Å². The van der Waals surface area contributed by atoms with Crippen LogP contribution in [0.1, 0.15) is 92.9 Å². The Labute approximate surface area is 464 Å². The normalized spacial score (nSPS) is 47.0. The molecule has 7 rings (SSSR count). The van der Waals surface area contributed by atoms with Crippen LogP contribution in [-0.4, -0.2) is 284 Å². The van der Waals surface area contributed by atoms with Crippen LogP contribution in [0.15, 0.2) is 0 Å². The summed E-state index contributed by atoms with van der Waals surface area (Å²) in [6, 6.07) is -0.635. The summed E-state index contributed by atoms with van der Waals surface area (Å²) in [5, 5.41) is 140. The minimum atomic E-state index is -2.04. The highest BCUT2D eigenvalue weighted by atomic mass is 16.8. The van der Waals surface area contributed by atoms with Crippen LogP contribution in [0, 0.1) is 17.8 Å². The third kappa shape index (κ3) is 15.3. The van der Waals surface area contributed by atoms with Gasteiger partial charge in [0.1, 0.15) is 92.8 Å². The number of aliphatic hydroxyl groups excluding tert-OH is 12. The van der Waals surface area contributed by atoms with E-state index in [9.17, 15) is 76.0 Å². The third-order valence-corrected chi connectivity index (χ3v) is 16.9. The molecule has 0 amide bonds. The van der Waals surface area contributed by atoms with Gasteiger partial charge in [-0.15, -0.1) is 0 Å². The molecule has 31 atom stereocenters. The number of esters is 2.